The molecular formula is C14H20N2O. The van der Waals surface area contributed by atoms with Crippen molar-refractivity contribution in [2.24, 2.45) is 5.92 Å². The van der Waals surface area contributed by atoms with Crippen molar-refractivity contribution in [1.29, 1.82) is 0 Å². The Bertz CT molecular complexity index is 395. The van der Waals surface area contributed by atoms with Crippen LogP contribution in [0, 0.1) is 5.92 Å². The highest BCUT2D eigenvalue weighted by atomic mass is 16.2. The molecule has 17 heavy (non-hydrogen) atoms. The van der Waals surface area contributed by atoms with E-state index in [2.05, 4.69) is 6.92 Å². The number of likely N-dealkylation sites (N-methyl/N-ethyl adjacent to an activating group) is 1. The van der Waals surface area contributed by atoms with Crippen LogP contribution >= 0.6 is 0 Å². The van der Waals surface area contributed by atoms with Crippen LogP contribution in [0.2, 0.25) is 0 Å². The summed E-state index contributed by atoms with van der Waals surface area (Å²) in [5.41, 5.74) is 7.38. The van der Waals surface area contributed by atoms with E-state index in [1.165, 1.54) is 12.8 Å². The number of nitrogens with two attached hydrogens (primary N) is 1. The van der Waals surface area contributed by atoms with Crippen LogP contribution in [0.25, 0.3) is 0 Å². The van der Waals surface area contributed by atoms with Crippen LogP contribution in [0.4, 0.5) is 5.69 Å². The van der Waals surface area contributed by atoms with Gasteiger partial charge in [0, 0.05) is 18.8 Å². The molecule has 1 saturated carbocycles. The molecule has 0 heterocycles. The van der Waals surface area contributed by atoms with Crippen molar-refractivity contribution >= 4 is 11.6 Å². The zero-order valence-electron chi connectivity index (χ0n) is 10.5. The lowest BCUT2D eigenvalue weighted by Gasteiger charge is -2.25. The monoisotopic (exact) mass is 232 g/mol. The average molecular weight is 232 g/mol. The van der Waals surface area contributed by atoms with Crippen LogP contribution in [-0.4, -0.2) is 23.9 Å². The smallest absolute Gasteiger partial charge is 0.226 e. The van der Waals surface area contributed by atoms with Gasteiger partial charge in [-0.2, -0.15) is 0 Å². The standard InChI is InChI=1S/C14H20N2O/c1-10(12-5-6-12)16(2)14(17)9-11-3-7-13(15)8-4-11/h3-4,7-8,10,12H,5-6,9,15H2,1-2H3. The van der Waals surface area contributed by atoms with Crippen molar-refractivity contribution in [1.82, 2.24) is 4.90 Å². The first-order chi connectivity index (χ1) is 8.08. The molecule has 1 aromatic rings. The summed E-state index contributed by atoms with van der Waals surface area (Å²) >= 11 is 0. The van der Waals surface area contributed by atoms with Gasteiger partial charge in [-0.3, -0.25) is 4.79 Å². The summed E-state index contributed by atoms with van der Waals surface area (Å²) < 4.78 is 0. The molecule has 0 spiro atoms. The summed E-state index contributed by atoms with van der Waals surface area (Å²) in [5, 5.41) is 0. The number of nitrogens with zero attached hydrogens (tertiary/aromatic N) is 1. The maximum atomic E-state index is 12.1. The van der Waals surface area contributed by atoms with Gasteiger partial charge < -0.3 is 10.6 Å². The van der Waals surface area contributed by atoms with Gasteiger partial charge in [-0.25, -0.2) is 0 Å². The SMILES string of the molecule is CC(C1CC1)N(C)C(=O)Cc1ccc(N)cc1. The minimum absolute atomic E-state index is 0.189. The summed E-state index contributed by atoms with van der Waals surface area (Å²) in [4.78, 5) is 13.9. The fourth-order valence-corrected chi connectivity index (χ4v) is 2.06. The Labute approximate surface area is 103 Å². The minimum Gasteiger partial charge on any atom is -0.399 e. The molecule has 0 radical (unpaired) electrons. The van der Waals surface area contributed by atoms with Gasteiger partial charge in [-0.1, -0.05) is 12.1 Å². The summed E-state index contributed by atoms with van der Waals surface area (Å²) in [6.45, 7) is 2.14. The van der Waals surface area contributed by atoms with Crippen molar-refractivity contribution in [3.63, 3.8) is 0 Å². The second-order valence-electron chi connectivity index (χ2n) is 5.00. The summed E-state index contributed by atoms with van der Waals surface area (Å²) in [6, 6.07) is 7.89. The van der Waals surface area contributed by atoms with E-state index in [0.717, 1.165) is 17.2 Å². The predicted octanol–water partition coefficient (Wildman–Crippen LogP) is 2.07. The lowest BCUT2D eigenvalue weighted by Crippen LogP contribution is -2.37. The average Bonchev–Trinajstić information content (AvgIpc) is 3.14. The zero-order chi connectivity index (χ0) is 12.4. The Balaban J connectivity index is 1.93. The number of rotatable bonds is 4. The van der Waals surface area contributed by atoms with E-state index in [1.807, 2.05) is 36.2 Å². The lowest BCUT2D eigenvalue weighted by molar-refractivity contribution is -0.131. The van der Waals surface area contributed by atoms with E-state index in [9.17, 15) is 4.79 Å². The number of anilines is 1. The van der Waals surface area contributed by atoms with E-state index in [4.69, 9.17) is 5.73 Å². The maximum absolute atomic E-state index is 12.1. The van der Waals surface area contributed by atoms with E-state index in [0.29, 0.717) is 12.5 Å². The quantitative estimate of drug-likeness (QED) is 0.808. The second-order valence-corrected chi connectivity index (χ2v) is 5.00. The summed E-state index contributed by atoms with van der Waals surface area (Å²) in [6.07, 6.45) is 3.00. The van der Waals surface area contributed by atoms with E-state index >= 15 is 0 Å². The van der Waals surface area contributed by atoms with Crippen molar-refractivity contribution in [3.05, 3.63) is 29.8 Å². The highest BCUT2D eigenvalue weighted by Crippen LogP contribution is 2.34. The molecular weight excluding hydrogens is 212 g/mol. The van der Waals surface area contributed by atoms with Crippen LogP contribution in [0.15, 0.2) is 24.3 Å². The van der Waals surface area contributed by atoms with Crippen molar-refractivity contribution in [3.8, 4) is 0 Å². The van der Waals surface area contributed by atoms with Crippen LogP contribution in [-0.2, 0) is 11.2 Å². The Kier molecular flexibility index (Phi) is 3.36. The molecule has 1 amide bonds. The first-order valence-electron chi connectivity index (χ1n) is 6.18. The predicted molar refractivity (Wildman–Crippen MR) is 69.5 cm³/mol. The van der Waals surface area contributed by atoms with E-state index < -0.39 is 0 Å². The Morgan fingerprint density at radius 1 is 1.41 bits per heavy atom. The molecule has 0 bridgehead atoms. The number of carbonyl (C=O) groups excluding carboxylic acids is 1. The van der Waals surface area contributed by atoms with E-state index in [-0.39, 0.29) is 5.91 Å². The fraction of sp³-hybridized carbons (Fsp3) is 0.500. The van der Waals surface area contributed by atoms with Gasteiger partial charge in [0.25, 0.3) is 0 Å². The third-order valence-electron chi connectivity index (χ3n) is 3.64. The molecule has 3 nitrogen and oxygen atoms in total. The van der Waals surface area contributed by atoms with Gasteiger partial charge in [0.05, 0.1) is 6.42 Å². The first kappa shape index (κ1) is 12.0. The van der Waals surface area contributed by atoms with E-state index in [1.54, 1.807) is 0 Å². The molecule has 0 aliphatic heterocycles. The third-order valence-corrected chi connectivity index (χ3v) is 3.64. The zero-order valence-corrected chi connectivity index (χ0v) is 10.5. The molecule has 1 atom stereocenters. The molecule has 2 rings (SSSR count). The van der Waals surface area contributed by atoms with Gasteiger partial charge in [0.2, 0.25) is 5.91 Å². The van der Waals surface area contributed by atoms with Gasteiger partial charge in [0.15, 0.2) is 0 Å². The largest absolute Gasteiger partial charge is 0.399 e. The van der Waals surface area contributed by atoms with Gasteiger partial charge in [0.1, 0.15) is 0 Å². The van der Waals surface area contributed by atoms with Crippen LogP contribution in [0.1, 0.15) is 25.3 Å². The van der Waals surface area contributed by atoms with Gasteiger partial charge in [-0.15, -0.1) is 0 Å². The first-order valence-corrected chi connectivity index (χ1v) is 6.18. The van der Waals surface area contributed by atoms with Gasteiger partial charge >= 0.3 is 0 Å². The maximum Gasteiger partial charge on any atom is 0.226 e. The van der Waals surface area contributed by atoms with Crippen LogP contribution < -0.4 is 5.73 Å². The second kappa shape index (κ2) is 4.78. The highest BCUT2D eigenvalue weighted by molar-refractivity contribution is 5.79. The van der Waals surface area contributed by atoms with Crippen LogP contribution in [0.3, 0.4) is 0 Å². The molecule has 3 heteroatoms. The summed E-state index contributed by atoms with van der Waals surface area (Å²) in [7, 11) is 1.91. The third kappa shape index (κ3) is 2.99. The molecule has 0 saturated heterocycles. The number of benzene rings is 1. The minimum atomic E-state index is 0.189. The molecule has 1 aromatic carbocycles. The van der Waals surface area contributed by atoms with Crippen LogP contribution in [0.5, 0.6) is 0 Å². The molecule has 1 unspecified atom stereocenters. The normalized spacial score (nSPS) is 16.6. The number of hydrogen-bond acceptors (Lipinski definition) is 2. The number of amides is 1. The van der Waals surface area contributed by atoms with Crippen molar-refractivity contribution in [2.45, 2.75) is 32.2 Å². The number of nitrogen functional groups attached to an aromatic ring is 1. The molecule has 2 N–H and O–H groups in total. The molecule has 92 valence electrons. The summed E-state index contributed by atoms with van der Waals surface area (Å²) in [5.74, 6) is 0.907. The molecule has 1 aliphatic rings. The number of hydrogen-bond donors (Lipinski definition) is 1. The highest BCUT2D eigenvalue weighted by Gasteiger charge is 2.32. The Hall–Kier alpha value is -1.51. The van der Waals surface area contributed by atoms with Crippen molar-refractivity contribution in [2.75, 3.05) is 12.8 Å². The lowest BCUT2D eigenvalue weighted by atomic mass is 10.1. The molecule has 1 aliphatic carbocycles. The molecule has 1 fully saturated rings. The topological polar surface area (TPSA) is 46.3 Å². The Morgan fingerprint density at radius 3 is 2.53 bits per heavy atom. The Morgan fingerprint density at radius 2 is 2.00 bits per heavy atom. The number of carbonyl (C=O) groups is 1. The van der Waals surface area contributed by atoms with Gasteiger partial charge in [-0.05, 0) is 43.4 Å². The fourth-order valence-electron chi connectivity index (χ4n) is 2.06. The van der Waals surface area contributed by atoms with Crippen molar-refractivity contribution < 1.29 is 4.79 Å². The molecule has 0 aromatic heterocycles.